The van der Waals surface area contributed by atoms with Crippen molar-refractivity contribution in [3.63, 3.8) is 0 Å². The van der Waals surface area contributed by atoms with Crippen molar-refractivity contribution in [1.82, 2.24) is 9.97 Å². The number of halogens is 1. The summed E-state index contributed by atoms with van der Waals surface area (Å²) >= 11 is 6.12. The van der Waals surface area contributed by atoms with Crippen molar-refractivity contribution in [2.75, 3.05) is 24.7 Å². The molecule has 1 unspecified atom stereocenters. The fourth-order valence-electron chi connectivity index (χ4n) is 3.39. The van der Waals surface area contributed by atoms with Gasteiger partial charge in [-0.15, -0.1) is 0 Å². The number of hydrogen-bond acceptors (Lipinski definition) is 5. The molecule has 4 rings (SSSR count). The Labute approximate surface area is 140 Å². The number of rotatable bonds is 2. The molecule has 1 aromatic heterocycles. The molecular formula is C17H18ClN3O2. The number of para-hydroxylation sites is 1. The Kier molecular flexibility index (Phi) is 3.73. The third kappa shape index (κ3) is 2.70. The third-order valence-electron chi connectivity index (χ3n) is 4.30. The van der Waals surface area contributed by atoms with Crippen molar-refractivity contribution in [2.45, 2.75) is 25.8 Å². The van der Waals surface area contributed by atoms with Crippen LogP contribution in [0.25, 0.3) is 0 Å². The van der Waals surface area contributed by atoms with Gasteiger partial charge in [-0.05, 0) is 25.8 Å². The third-order valence-corrected chi connectivity index (χ3v) is 4.49. The number of hydrogen-bond donors (Lipinski definition) is 0. The molecule has 120 valence electrons. The van der Waals surface area contributed by atoms with E-state index in [1.807, 2.05) is 25.1 Å². The molecule has 1 atom stereocenters. The Hall–Kier alpha value is -2.01. The highest BCUT2D eigenvalue weighted by atomic mass is 35.5. The van der Waals surface area contributed by atoms with E-state index in [1.165, 1.54) is 0 Å². The lowest BCUT2D eigenvalue weighted by Crippen LogP contribution is -2.25. The van der Waals surface area contributed by atoms with Gasteiger partial charge >= 0.3 is 0 Å². The lowest BCUT2D eigenvalue weighted by Gasteiger charge is -2.29. The first-order valence-electron chi connectivity index (χ1n) is 7.89. The predicted octanol–water partition coefficient (Wildman–Crippen LogP) is 3.55. The van der Waals surface area contributed by atoms with Crippen LogP contribution in [0.3, 0.4) is 0 Å². The Morgan fingerprint density at radius 2 is 2.09 bits per heavy atom. The molecule has 2 aliphatic heterocycles. The zero-order valence-corrected chi connectivity index (χ0v) is 13.7. The number of anilines is 1. The van der Waals surface area contributed by atoms with E-state index in [0.29, 0.717) is 24.2 Å². The molecule has 5 nitrogen and oxygen atoms in total. The van der Waals surface area contributed by atoms with E-state index in [2.05, 4.69) is 20.9 Å². The molecule has 0 aliphatic carbocycles. The maximum atomic E-state index is 6.12. The number of aromatic nitrogens is 2. The van der Waals surface area contributed by atoms with Crippen LogP contribution in [-0.4, -0.2) is 29.7 Å². The van der Waals surface area contributed by atoms with Crippen LogP contribution in [0.2, 0.25) is 5.15 Å². The fraction of sp³-hybridized carbons (Fsp3) is 0.412. The second-order valence-electron chi connectivity index (χ2n) is 5.82. The maximum Gasteiger partial charge on any atom is 0.166 e. The molecule has 1 aromatic carbocycles. The zero-order valence-electron chi connectivity index (χ0n) is 13.0. The predicted molar refractivity (Wildman–Crippen MR) is 88.5 cm³/mol. The number of ether oxygens (including phenoxy) is 2. The molecule has 0 saturated carbocycles. The van der Waals surface area contributed by atoms with Gasteiger partial charge in [0.15, 0.2) is 11.5 Å². The molecule has 0 spiro atoms. The van der Waals surface area contributed by atoms with E-state index < -0.39 is 0 Å². The molecule has 23 heavy (non-hydrogen) atoms. The van der Waals surface area contributed by atoms with Gasteiger partial charge in [-0.1, -0.05) is 23.7 Å². The lowest BCUT2D eigenvalue weighted by molar-refractivity contribution is 0.169. The van der Waals surface area contributed by atoms with Gasteiger partial charge in [-0.3, -0.25) is 0 Å². The second kappa shape index (κ2) is 5.89. The largest absolute Gasteiger partial charge is 0.486 e. The molecular weight excluding hydrogens is 314 g/mol. The van der Waals surface area contributed by atoms with Crippen LogP contribution in [0, 0.1) is 6.92 Å². The van der Waals surface area contributed by atoms with Crippen LogP contribution in [-0.2, 0) is 0 Å². The monoisotopic (exact) mass is 331 g/mol. The molecule has 1 saturated heterocycles. The first kappa shape index (κ1) is 14.6. The average Bonchev–Trinajstić information content (AvgIpc) is 3.03. The van der Waals surface area contributed by atoms with Gasteiger partial charge in [0.1, 0.15) is 30.0 Å². The van der Waals surface area contributed by atoms with Crippen molar-refractivity contribution < 1.29 is 9.47 Å². The lowest BCUT2D eigenvalue weighted by atomic mass is 10.0. The van der Waals surface area contributed by atoms with E-state index in [0.717, 1.165) is 42.3 Å². The zero-order chi connectivity index (χ0) is 15.8. The van der Waals surface area contributed by atoms with Gasteiger partial charge in [0, 0.05) is 18.2 Å². The second-order valence-corrected chi connectivity index (χ2v) is 6.21. The van der Waals surface area contributed by atoms with Gasteiger partial charge in [0.05, 0.1) is 6.04 Å². The van der Waals surface area contributed by atoms with Gasteiger partial charge in [-0.2, -0.15) is 0 Å². The number of aryl methyl sites for hydroxylation is 1. The topological polar surface area (TPSA) is 47.5 Å². The summed E-state index contributed by atoms with van der Waals surface area (Å²) in [5.74, 6) is 3.26. The summed E-state index contributed by atoms with van der Waals surface area (Å²) in [6.07, 6.45) is 2.16. The molecule has 2 aliphatic rings. The first-order chi connectivity index (χ1) is 11.2. The van der Waals surface area contributed by atoms with E-state index in [9.17, 15) is 0 Å². The minimum absolute atomic E-state index is 0.219. The van der Waals surface area contributed by atoms with Gasteiger partial charge in [-0.25, -0.2) is 9.97 Å². The molecule has 3 heterocycles. The van der Waals surface area contributed by atoms with Gasteiger partial charge in [0.25, 0.3) is 0 Å². The highest BCUT2D eigenvalue weighted by molar-refractivity contribution is 6.29. The summed E-state index contributed by atoms with van der Waals surface area (Å²) in [4.78, 5) is 11.0. The Morgan fingerprint density at radius 3 is 2.96 bits per heavy atom. The normalized spacial score (nSPS) is 19.9. The summed E-state index contributed by atoms with van der Waals surface area (Å²) in [5, 5.41) is 0.479. The molecule has 0 radical (unpaired) electrons. The summed E-state index contributed by atoms with van der Waals surface area (Å²) in [6, 6.07) is 8.16. The van der Waals surface area contributed by atoms with Crippen molar-refractivity contribution in [1.29, 1.82) is 0 Å². The number of nitrogens with zero attached hydrogens (tertiary/aromatic N) is 3. The van der Waals surface area contributed by atoms with Crippen molar-refractivity contribution in [2.24, 2.45) is 0 Å². The Balaban J connectivity index is 1.74. The summed E-state index contributed by atoms with van der Waals surface area (Å²) in [5.41, 5.74) is 1.16. The van der Waals surface area contributed by atoms with E-state index in [1.54, 1.807) is 0 Å². The van der Waals surface area contributed by atoms with Crippen LogP contribution in [0.4, 0.5) is 5.82 Å². The Morgan fingerprint density at radius 1 is 1.22 bits per heavy atom. The first-order valence-corrected chi connectivity index (χ1v) is 8.26. The highest BCUT2D eigenvalue weighted by Crippen LogP contribution is 2.44. The summed E-state index contributed by atoms with van der Waals surface area (Å²) in [6.45, 7) is 4.00. The Bertz CT molecular complexity index is 718. The molecule has 0 N–H and O–H groups in total. The molecule has 6 heteroatoms. The number of fused-ring (bicyclic) bond motifs is 1. The van der Waals surface area contributed by atoms with E-state index in [-0.39, 0.29) is 6.04 Å². The SMILES string of the molecule is Cc1nc(Cl)cc(N2CCCC2c2cccc3c2OCCO3)n1. The van der Waals surface area contributed by atoms with Crippen LogP contribution in [0.15, 0.2) is 24.3 Å². The minimum Gasteiger partial charge on any atom is -0.486 e. The van der Waals surface area contributed by atoms with Crippen LogP contribution in [0.5, 0.6) is 11.5 Å². The maximum absolute atomic E-state index is 6.12. The molecule has 1 fully saturated rings. The standard InChI is InChI=1S/C17H18ClN3O2/c1-11-19-15(18)10-16(20-11)21-7-3-5-13(21)12-4-2-6-14-17(12)23-9-8-22-14/h2,4,6,10,13H,3,5,7-9H2,1H3. The van der Waals surface area contributed by atoms with Crippen LogP contribution >= 0.6 is 11.6 Å². The fourth-order valence-corrected chi connectivity index (χ4v) is 3.61. The van der Waals surface area contributed by atoms with Crippen LogP contribution < -0.4 is 14.4 Å². The highest BCUT2D eigenvalue weighted by Gasteiger charge is 2.31. The number of benzene rings is 1. The van der Waals surface area contributed by atoms with Crippen molar-refractivity contribution >= 4 is 17.4 Å². The summed E-state index contributed by atoms with van der Waals surface area (Å²) in [7, 11) is 0. The quantitative estimate of drug-likeness (QED) is 0.788. The minimum atomic E-state index is 0.219. The van der Waals surface area contributed by atoms with Crippen molar-refractivity contribution in [3.8, 4) is 11.5 Å². The van der Waals surface area contributed by atoms with E-state index >= 15 is 0 Å². The van der Waals surface area contributed by atoms with Gasteiger partial charge in [0.2, 0.25) is 0 Å². The summed E-state index contributed by atoms with van der Waals surface area (Å²) < 4.78 is 11.6. The average molecular weight is 332 g/mol. The van der Waals surface area contributed by atoms with Gasteiger partial charge < -0.3 is 14.4 Å². The van der Waals surface area contributed by atoms with E-state index in [4.69, 9.17) is 21.1 Å². The molecule has 0 amide bonds. The molecule has 0 bridgehead atoms. The van der Waals surface area contributed by atoms with Crippen LogP contribution in [0.1, 0.15) is 30.3 Å². The smallest absolute Gasteiger partial charge is 0.166 e. The molecule has 2 aromatic rings. The van der Waals surface area contributed by atoms with Crippen molar-refractivity contribution in [3.05, 3.63) is 40.8 Å².